The SMILES string of the molecule is CCC(C)Oc1nnc(Br)s1. The summed E-state index contributed by atoms with van der Waals surface area (Å²) in [6.45, 7) is 4.08. The van der Waals surface area contributed by atoms with Crippen molar-refractivity contribution in [3.63, 3.8) is 0 Å². The van der Waals surface area contributed by atoms with Gasteiger partial charge in [-0.2, -0.15) is 0 Å². The summed E-state index contributed by atoms with van der Waals surface area (Å²) < 4.78 is 6.16. The van der Waals surface area contributed by atoms with Crippen molar-refractivity contribution in [3.05, 3.63) is 3.92 Å². The zero-order valence-electron chi connectivity index (χ0n) is 6.37. The van der Waals surface area contributed by atoms with E-state index < -0.39 is 0 Å². The molecule has 62 valence electrons. The zero-order valence-corrected chi connectivity index (χ0v) is 8.78. The molecule has 0 bridgehead atoms. The van der Waals surface area contributed by atoms with Gasteiger partial charge in [-0.3, -0.25) is 0 Å². The first-order valence-corrected chi connectivity index (χ1v) is 4.99. The molecule has 5 heteroatoms. The van der Waals surface area contributed by atoms with E-state index >= 15 is 0 Å². The summed E-state index contributed by atoms with van der Waals surface area (Å²) in [5.41, 5.74) is 0. The van der Waals surface area contributed by atoms with Gasteiger partial charge in [0.15, 0.2) is 3.92 Å². The Morgan fingerprint density at radius 2 is 2.36 bits per heavy atom. The van der Waals surface area contributed by atoms with E-state index in [0.29, 0.717) is 5.19 Å². The van der Waals surface area contributed by atoms with Crippen molar-refractivity contribution >= 4 is 27.3 Å². The predicted octanol–water partition coefficient (Wildman–Crippen LogP) is 2.48. The molecule has 1 rings (SSSR count). The standard InChI is InChI=1S/C6H9BrN2OS/c1-3-4(2)10-6-9-8-5(7)11-6/h4H,3H2,1-2H3. The Bertz CT molecular complexity index is 228. The summed E-state index contributed by atoms with van der Waals surface area (Å²) in [5, 5.41) is 8.20. The van der Waals surface area contributed by atoms with Crippen molar-refractivity contribution in [2.75, 3.05) is 0 Å². The van der Waals surface area contributed by atoms with Crippen LogP contribution in [0.4, 0.5) is 0 Å². The van der Waals surface area contributed by atoms with Crippen molar-refractivity contribution < 1.29 is 4.74 Å². The van der Waals surface area contributed by atoms with Crippen molar-refractivity contribution in [2.45, 2.75) is 26.4 Å². The molecule has 0 saturated heterocycles. The number of halogens is 1. The second-order valence-corrected chi connectivity index (χ2v) is 4.37. The summed E-state index contributed by atoms with van der Waals surface area (Å²) in [4.78, 5) is 0. The normalized spacial score (nSPS) is 13.0. The quantitative estimate of drug-likeness (QED) is 0.809. The first-order chi connectivity index (χ1) is 5.22. The summed E-state index contributed by atoms with van der Waals surface area (Å²) >= 11 is 4.61. The average molecular weight is 237 g/mol. The predicted molar refractivity (Wildman–Crippen MR) is 48.0 cm³/mol. The molecular formula is C6H9BrN2OS. The van der Waals surface area contributed by atoms with E-state index in [4.69, 9.17) is 4.74 Å². The van der Waals surface area contributed by atoms with Crippen LogP contribution >= 0.6 is 27.3 Å². The van der Waals surface area contributed by atoms with Gasteiger partial charge in [-0.05, 0) is 40.6 Å². The number of nitrogens with zero attached hydrogens (tertiary/aromatic N) is 2. The van der Waals surface area contributed by atoms with Gasteiger partial charge in [-0.15, -0.1) is 5.10 Å². The second-order valence-electron chi connectivity index (χ2n) is 2.16. The molecule has 0 N–H and O–H groups in total. The average Bonchev–Trinajstić information content (AvgIpc) is 2.35. The van der Waals surface area contributed by atoms with Crippen LogP contribution in [0.15, 0.2) is 3.92 Å². The number of aromatic nitrogens is 2. The number of ether oxygens (including phenoxy) is 1. The maximum Gasteiger partial charge on any atom is 0.295 e. The molecule has 1 aromatic heterocycles. The van der Waals surface area contributed by atoms with E-state index in [1.54, 1.807) is 0 Å². The Morgan fingerprint density at radius 1 is 1.64 bits per heavy atom. The smallest absolute Gasteiger partial charge is 0.295 e. The molecular weight excluding hydrogens is 228 g/mol. The van der Waals surface area contributed by atoms with Crippen LogP contribution in [-0.2, 0) is 0 Å². The van der Waals surface area contributed by atoms with Crippen LogP contribution in [0, 0.1) is 0 Å². The first kappa shape index (κ1) is 8.93. The lowest BCUT2D eigenvalue weighted by Gasteiger charge is -2.06. The van der Waals surface area contributed by atoms with Crippen LogP contribution in [0.2, 0.25) is 0 Å². The van der Waals surface area contributed by atoms with Gasteiger partial charge in [0.2, 0.25) is 0 Å². The highest BCUT2D eigenvalue weighted by Crippen LogP contribution is 2.23. The highest BCUT2D eigenvalue weighted by molar-refractivity contribution is 9.11. The van der Waals surface area contributed by atoms with E-state index in [9.17, 15) is 0 Å². The molecule has 1 heterocycles. The van der Waals surface area contributed by atoms with Gasteiger partial charge in [0.1, 0.15) is 0 Å². The lowest BCUT2D eigenvalue weighted by molar-refractivity contribution is 0.215. The molecule has 1 unspecified atom stereocenters. The molecule has 0 spiro atoms. The van der Waals surface area contributed by atoms with Crippen LogP contribution < -0.4 is 4.74 Å². The lowest BCUT2D eigenvalue weighted by Crippen LogP contribution is -2.09. The van der Waals surface area contributed by atoms with Crippen molar-refractivity contribution in [1.82, 2.24) is 10.2 Å². The first-order valence-electron chi connectivity index (χ1n) is 3.38. The minimum Gasteiger partial charge on any atom is -0.466 e. The van der Waals surface area contributed by atoms with Crippen molar-refractivity contribution in [1.29, 1.82) is 0 Å². The molecule has 0 radical (unpaired) electrons. The Morgan fingerprint density at radius 3 is 2.82 bits per heavy atom. The minimum absolute atomic E-state index is 0.217. The van der Waals surface area contributed by atoms with Crippen molar-refractivity contribution in [2.24, 2.45) is 0 Å². The molecule has 0 aliphatic rings. The third kappa shape index (κ3) is 2.75. The van der Waals surface area contributed by atoms with E-state index in [1.165, 1.54) is 11.3 Å². The van der Waals surface area contributed by atoms with Gasteiger partial charge in [-0.1, -0.05) is 12.0 Å². The molecule has 0 aliphatic carbocycles. The minimum atomic E-state index is 0.217. The second kappa shape index (κ2) is 4.01. The fraction of sp³-hybridized carbons (Fsp3) is 0.667. The van der Waals surface area contributed by atoms with Crippen LogP contribution in [0.3, 0.4) is 0 Å². The number of hydrogen-bond acceptors (Lipinski definition) is 4. The third-order valence-electron chi connectivity index (χ3n) is 1.26. The van der Waals surface area contributed by atoms with Gasteiger partial charge in [0.25, 0.3) is 5.19 Å². The number of rotatable bonds is 3. The highest BCUT2D eigenvalue weighted by atomic mass is 79.9. The van der Waals surface area contributed by atoms with E-state index in [-0.39, 0.29) is 6.10 Å². The van der Waals surface area contributed by atoms with Gasteiger partial charge < -0.3 is 4.74 Å². The van der Waals surface area contributed by atoms with Crippen LogP contribution in [0.25, 0.3) is 0 Å². The van der Waals surface area contributed by atoms with Gasteiger partial charge >= 0.3 is 0 Å². The molecule has 0 aromatic carbocycles. The van der Waals surface area contributed by atoms with Gasteiger partial charge in [-0.25, -0.2) is 0 Å². The summed E-state index contributed by atoms with van der Waals surface area (Å²) in [5.74, 6) is 0. The molecule has 3 nitrogen and oxygen atoms in total. The Balaban J connectivity index is 2.50. The lowest BCUT2D eigenvalue weighted by atomic mass is 10.3. The van der Waals surface area contributed by atoms with Gasteiger partial charge in [0.05, 0.1) is 6.10 Å². The zero-order chi connectivity index (χ0) is 8.27. The van der Waals surface area contributed by atoms with E-state index in [0.717, 1.165) is 10.3 Å². The third-order valence-corrected chi connectivity index (χ3v) is 2.51. The Kier molecular flexibility index (Phi) is 3.26. The van der Waals surface area contributed by atoms with E-state index in [1.807, 2.05) is 6.92 Å². The summed E-state index contributed by atoms with van der Waals surface area (Å²) in [6, 6.07) is 0. The van der Waals surface area contributed by atoms with Crippen LogP contribution in [0.1, 0.15) is 20.3 Å². The number of hydrogen-bond donors (Lipinski definition) is 0. The van der Waals surface area contributed by atoms with Crippen LogP contribution in [0.5, 0.6) is 5.19 Å². The maximum absolute atomic E-state index is 5.40. The fourth-order valence-electron chi connectivity index (χ4n) is 0.496. The van der Waals surface area contributed by atoms with E-state index in [2.05, 4.69) is 33.1 Å². The highest BCUT2D eigenvalue weighted by Gasteiger charge is 2.05. The monoisotopic (exact) mass is 236 g/mol. The summed E-state index contributed by atoms with van der Waals surface area (Å²) in [7, 11) is 0. The molecule has 1 aromatic rings. The molecule has 0 saturated carbocycles. The topological polar surface area (TPSA) is 35.0 Å². The molecule has 11 heavy (non-hydrogen) atoms. The molecule has 0 aliphatic heterocycles. The van der Waals surface area contributed by atoms with Crippen molar-refractivity contribution in [3.8, 4) is 5.19 Å². The molecule has 1 atom stereocenters. The fourth-order valence-corrected chi connectivity index (χ4v) is 1.51. The maximum atomic E-state index is 5.40. The van der Waals surface area contributed by atoms with Gasteiger partial charge in [0, 0.05) is 0 Å². The Labute approximate surface area is 77.9 Å². The molecule has 0 amide bonds. The van der Waals surface area contributed by atoms with Crippen LogP contribution in [-0.4, -0.2) is 16.3 Å². The summed E-state index contributed by atoms with van der Waals surface area (Å²) in [6.07, 6.45) is 1.20. The largest absolute Gasteiger partial charge is 0.466 e. The molecule has 0 fully saturated rings. The Hall–Kier alpha value is -0.160.